The Hall–Kier alpha value is -3.69. The molecule has 8 nitrogen and oxygen atoms in total. The van der Waals surface area contributed by atoms with Gasteiger partial charge in [-0.1, -0.05) is 0 Å². The summed E-state index contributed by atoms with van der Waals surface area (Å²) in [6, 6.07) is 3.28. The Labute approximate surface area is 193 Å². The highest BCUT2D eigenvalue weighted by molar-refractivity contribution is 5.89. The summed E-state index contributed by atoms with van der Waals surface area (Å²) in [4.78, 5) is 24.5. The summed E-state index contributed by atoms with van der Waals surface area (Å²) in [5.41, 5.74) is 3.47. The number of aromatic carboxylic acids is 1. The molecule has 0 saturated carbocycles. The summed E-state index contributed by atoms with van der Waals surface area (Å²) < 4.78 is 34.8. The quantitative estimate of drug-likeness (QED) is 0.626. The number of nitrogens with zero attached hydrogens (tertiary/aromatic N) is 4. The highest BCUT2D eigenvalue weighted by atomic mass is 19.3. The Balaban J connectivity index is 1.66. The van der Waals surface area contributed by atoms with Crippen molar-refractivity contribution in [1.82, 2.24) is 14.5 Å². The van der Waals surface area contributed by atoms with Gasteiger partial charge >= 0.3 is 12.5 Å². The van der Waals surface area contributed by atoms with E-state index in [-0.39, 0.29) is 17.1 Å². The average molecular weight is 468 g/mol. The van der Waals surface area contributed by atoms with Crippen LogP contribution in [0.1, 0.15) is 60.8 Å². The predicted octanol–water partition coefficient (Wildman–Crippen LogP) is 3.97. The first kappa shape index (κ1) is 20.9. The Morgan fingerprint density at radius 3 is 2.79 bits per heavy atom. The van der Waals surface area contributed by atoms with Crippen molar-refractivity contribution in [2.45, 2.75) is 51.2 Å². The van der Waals surface area contributed by atoms with Crippen molar-refractivity contribution in [3.05, 3.63) is 57.6 Å². The lowest BCUT2D eigenvalue weighted by Crippen LogP contribution is -2.50. The van der Waals surface area contributed by atoms with E-state index in [9.17, 15) is 23.5 Å². The lowest BCUT2D eigenvalue weighted by Gasteiger charge is -2.45. The minimum absolute atomic E-state index is 0.0727. The number of pyridine rings is 1. The number of rotatable bonds is 3. The minimum atomic E-state index is -2.74. The van der Waals surface area contributed by atoms with Crippen LogP contribution in [0.3, 0.4) is 0 Å². The van der Waals surface area contributed by atoms with Crippen LogP contribution in [0, 0.1) is 0 Å². The van der Waals surface area contributed by atoms with Gasteiger partial charge in [0.15, 0.2) is 5.43 Å². The van der Waals surface area contributed by atoms with E-state index in [2.05, 4.69) is 24.0 Å². The fourth-order valence-corrected chi connectivity index (χ4v) is 5.69. The number of alkyl halides is 2. The number of carboxylic acid groups (broad SMARTS) is 1. The highest BCUT2D eigenvalue weighted by Gasteiger charge is 2.46. The molecule has 0 radical (unpaired) electrons. The van der Waals surface area contributed by atoms with Crippen LogP contribution in [0.15, 0.2) is 35.5 Å². The van der Waals surface area contributed by atoms with Crippen molar-refractivity contribution >= 4 is 5.97 Å². The van der Waals surface area contributed by atoms with Crippen LogP contribution in [0.25, 0.3) is 22.4 Å². The molecule has 3 aliphatic heterocycles. The average Bonchev–Trinajstić information content (AvgIpc) is 3.51. The summed E-state index contributed by atoms with van der Waals surface area (Å²) in [5.74, 6) is -0.667. The number of carboxylic acids is 1. The Morgan fingerprint density at radius 2 is 2.09 bits per heavy atom. The fourth-order valence-electron chi connectivity index (χ4n) is 5.69. The molecule has 34 heavy (non-hydrogen) atoms. The van der Waals surface area contributed by atoms with Gasteiger partial charge in [-0.2, -0.15) is 13.9 Å². The Morgan fingerprint density at radius 1 is 1.29 bits per heavy atom. The van der Waals surface area contributed by atoms with Gasteiger partial charge in [-0.15, -0.1) is 0 Å². The summed E-state index contributed by atoms with van der Waals surface area (Å²) in [6.45, 7) is 1.86. The molecule has 2 aromatic heterocycles. The van der Waals surface area contributed by atoms with Gasteiger partial charge in [0, 0.05) is 47.1 Å². The molecule has 3 aromatic rings. The first-order valence-corrected chi connectivity index (χ1v) is 11.1. The van der Waals surface area contributed by atoms with Gasteiger partial charge in [0.25, 0.3) is 0 Å². The second-order valence-electron chi connectivity index (χ2n) is 9.58. The first-order chi connectivity index (χ1) is 16.2. The minimum Gasteiger partial charge on any atom is -0.492 e. The van der Waals surface area contributed by atoms with Gasteiger partial charge in [-0.3, -0.25) is 14.5 Å². The van der Waals surface area contributed by atoms with E-state index in [1.807, 2.05) is 10.7 Å². The summed E-state index contributed by atoms with van der Waals surface area (Å²) >= 11 is 0. The summed E-state index contributed by atoms with van der Waals surface area (Å²) in [7, 11) is 0. The van der Waals surface area contributed by atoms with Gasteiger partial charge in [0.2, 0.25) is 0 Å². The van der Waals surface area contributed by atoms with E-state index in [0.717, 1.165) is 29.5 Å². The zero-order valence-electron chi connectivity index (χ0n) is 18.6. The molecule has 1 N–H and O–H groups in total. The number of hydrogen-bond acceptors (Lipinski definition) is 5. The molecule has 0 amide bonds. The zero-order valence-corrected chi connectivity index (χ0v) is 18.6. The molecule has 176 valence electrons. The van der Waals surface area contributed by atoms with Crippen molar-refractivity contribution in [1.29, 1.82) is 0 Å². The number of benzene rings is 1. The molecule has 0 aliphatic carbocycles. The fraction of sp³-hybridized carbons (Fsp3) is 0.375. The van der Waals surface area contributed by atoms with Crippen molar-refractivity contribution in [2.24, 2.45) is 0 Å². The lowest BCUT2D eigenvalue weighted by molar-refractivity contribution is 0.0566. The zero-order chi connectivity index (χ0) is 23.9. The lowest BCUT2D eigenvalue weighted by atomic mass is 9.86. The number of carbonyl (C=O) groups is 1. The maximum Gasteiger partial charge on any atom is 0.341 e. The number of ether oxygens (including phenoxy) is 1. The molecule has 1 fully saturated rings. The van der Waals surface area contributed by atoms with E-state index in [1.54, 1.807) is 0 Å². The molecule has 0 spiro atoms. The summed E-state index contributed by atoms with van der Waals surface area (Å²) in [5, 5.41) is 15.5. The SMILES string of the molecule is CC1(C)CC[C@H]2c3cc(-c4cnn(C(F)F)c4)c4c(c3-c3cc(=O)c(C(=O)O)cn3N21)CCO4. The molecular formula is C24H22F2N4O4. The van der Waals surface area contributed by atoms with Crippen molar-refractivity contribution in [3.63, 3.8) is 0 Å². The topological polar surface area (TPSA) is 89.6 Å². The first-order valence-electron chi connectivity index (χ1n) is 11.1. The molecule has 1 atom stereocenters. The van der Waals surface area contributed by atoms with E-state index < -0.39 is 17.9 Å². The largest absolute Gasteiger partial charge is 0.492 e. The molecule has 5 heterocycles. The monoisotopic (exact) mass is 468 g/mol. The third-order valence-electron chi connectivity index (χ3n) is 7.17. The van der Waals surface area contributed by atoms with Gasteiger partial charge in [-0.25, -0.2) is 9.48 Å². The van der Waals surface area contributed by atoms with Gasteiger partial charge in [0.1, 0.15) is 11.3 Å². The third kappa shape index (κ3) is 2.77. The van der Waals surface area contributed by atoms with Crippen LogP contribution in [-0.2, 0) is 6.42 Å². The van der Waals surface area contributed by atoms with Crippen LogP contribution < -0.4 is 15.2 Å². The summed E-state index contributed by atoms with van der Waals surface area (Å²) in [6.07, 6.45) is 6.42. The maximum absolute atomic E-state index is 13.2. The number of fused-ring (bicyclic) bond motifs is 8. The van der Waals surface area contributed by atoms with Crippen LogP contribution in [0.5, 0.6) is 5.75 Å². The predicted molar refractivity (Wildman–Crippen MR) is 119 cm³/mol. The number of hydrogen-bond donors (Lipinski definition) is 1. The Kier molecular flexibility index (Phi) is 4.24. The van der Waals surface area contributed by atoms with E-state index in [0.29, 0.717) is 40.3 Å². The van der Waals surface area contributed by atoms with Crippen molar-refractivity contribution < 1.29 is 23.4 Å². The Bertz CT molecular complexity index is 1430. The highest BCUT2D eigenvalue weighted by Crippen LogP contribution is 2.53. The molecule has 10 heteroatoms. The second-order valence-corrected chi connectivity index (χ2v) is 9.58. The van der Waals surface area contributed by atoms with Crippen LogP contribution in [-0.4, -0.2) is 37.7 Å². The molecular weight excluding hydrogens is 446 g/mol. The van der Waals surface area contributed by atoms with Gasteiger partial charge in [0.05, 0.1) is 30.1 Å². The molecule has 1 saturated heterocycles. The molecule has 0 unspecified atom stereocenters. The smallest absolute Gasteiger partial charge is 0.341 e. The number of halogens is 2. The van der Waals surface area contributed by atoms with Crippen molar-refractivity contribution in [2.75, 3.05) is 11.6 Å². The normalized spacial score (nSPS) is 19.4. The van der Waals surface area contributed by atoms with Crippen LogP contribution in [0.4, 0.5) is 8.78 Å². The number of aromatic nitrogens is 3. The second kappa shape index (κ2) is 6.91. The van der Waals surface area contributed by atoms with E-state index in [4.69, 9.17) is 4.74 Å². The van der Waals surface area contributed by atoms with E-state index >= 15 is 0 Å². The molecule has 1 aromatic carbocycles. The van der Waals surface area contributed by atoms with E-state index in [1.165, 1.54) is 24.7 Å². The standard InChI is InChI=1S/C24H22F2N4O4/c1-24(2)5-3-17-15-7-14(12-9-27-28(10-12)23(25)26)21-13(4-6-34-21)20(15)18-8-19(31)16(22(32)33)11-29(18)30(17)24/h7-11,17,23H,3-6H2,1-2H3,(H,32,33)/t17-/m0/s1. The maximum atomic E-state index is 13.2. The molecule has 3 aliphatic rings. The van der Waals surface area contributed by atoms with Gasteiger partial charge < -0.3 is 9.84 Å². The van der Waals surface area contributed by atoms with Crippen LogP contribution >= 0.6 is 0 Å². The van der Waals surface area contributed by atoms with Crippen molar-refractivity contribution in [3.8, 4) is 28.1 Å². The molecule has 6 rings (SSSR count). The van der Waals surface area contributed by atoms with Gasteiger partial charge in [-0.05, 0) is 38.3 Å². The third-order valence-corrected chi connectivity index (χ3v) is 7.17. The molecule has 0 bridgehead atoms. The van der Waals surface area contributed by atoms with Crippen LogP contribution in [0.2, 0.25) is 0 Å².